The van der Waals surface area contributed by atoms with E-state index in [0.29, 0.717) is 37.6 Å². The van der Waals surface area contributed by atoms with Gasteiger partial charge in [0, 0.05) is 12.8 Å². The van der Waals surface area contributed by atoms with Crippen molar-refractivity contribution < 1.29 is 29.3 Å². The average Bonchev–Trinajstić information content (AvgIpc) is 2.43. The van der Waals surface area contributed by atoms with Crippen LogP contribution in [0.3, 0.4) is 0 Å². The third-order valence-electron chi connectivity index (χ3n) is 2.57. The van der Waals surface area contributed by atoms with Gasteiger partial charge in [0.2, 0.25) is 0 Å². The molecule has 122 valence electrons. The van der Waals surface area contributed by atoms with Gasteiger partial charge in [-0.1, -0.05) is 0 Å². The van der Waals surface area contributed by atoms with Crippen LogP contribution in [0.5, 0.6) is 11.5 Å². The summed E-state index contributed by atoms with van der Waals surface area (Å²) in [6.07, 6.45) is 1.07. The van der Waals surface area contributed by atoms with E-state index in [9.17, 15) is 9.59 Å². The minimum Gasteiger partial charge on any atom is -0.492 e. The molecule has 0 aliphatic rings. The second-order valence-corrected chi connectivity index (χ2v) is 6.73. The molecular weight excluding hydrogens is 518 g/mol. The van der Waals surface area contributed by atoms with E-state index in [4.69, 9.17) is 19.7 Å². The number of benzene rings is 1. The number of halogens is 2. The van der Waals surface area contributed by atoms with Crippen molar-refractivity contribution in [3.63, 3.8) is 0 Å². The van der Waals surface area contributed by atoms with Gasteiger partial charge in [0.05, 0.1) is 20.4 Å². The molecule has 0 amide bonds. The Morgan fingerprint density at radius 3 is 1.55 bits per heavy atom. The first-order valence-electron chi connectivity index (χ1n) is 6.58. The average molecular weight is 534 g/mol. The molecule has 0 unspecified atom stereocenters. The normalized spacial score (nSPS) is 10.3. The second-order valence-electron chi connectivity index (χ2n) is 4.40. The van der Waals surface area contributed by atoms with Gasteiger partial charge < -0.3 is 19.7 Å². The topological polar surface area (TPSA) is 93.1 Å². The molecule has 8 heteroatoms. The van der Waals surface area contributed by atoms with Crippen molar-refractivity contribution in [2.24, 2.45) is 0 Å². The van der Waals surface area contributed by atoms with Crippen LogP contribution in [0, 0.1) is 7.14 Å². The lowest BCUT2D eigenvalue weighted by molar-refractivity contribution is -0.138. The van der Waals surface area contributed by atoms with Gasteiger partial charge in [0.25, 0.3) is 0 Å². The fourth-order valence-electron chi connectivity index (χ4n) is 1.54. The predicted molar refractivity (Wildman–Crippen MR) is 96.6 cm³/mol. The van der Waals surface area contributed by atoms with E-state index in [0.717, 1.165) is 7.14 Å². The van der Waals surface area contributed by atoms with Gasteiger partial charge >= 0.3 is 11.9 Å². The lowest BCUT2D eigenvalue weighted by Crippen LogP contribution is -2.05. The summed E-state index contributed by atoms with van der Waals surface area (Å²) in [6.45, 7) is 0.689. The molecule has 0 aromatic heterocycles. The van der Waals surface area contributed by atoms with Crippen LogP contribution >= 0.6 is 45.2 Å². The zero-order chi connectivity index (χ0) is 16.5. The SMILES string of the molecule is O=C(O)CCCOc1cc(I)c(OCCCC(=O)O)cc1I. The Morgan fingerprint density at radius 1 is 0.864 bits per heavy atom. The third kappa shape index (κ3) is 7.47. The summed E-state index contributed by atoms with van der Waals surface area (Å²) in [7, 11) is 0. The van der Waals surface area contributed by atoms with Crippen molar-refractivity contribution in [1.29, 1.82) is 0 Å². The van der Waals surface area contributed by atoms with Crippen LogP contribution in [0.15, 0.2) is 12.1 Å². The maximum Gasteiger partial charge on any atom is 0.303 e. The summed E-state index contributed by atoms with van der Waals surface area (Å²) in [5.41, 5.74) is 0. The fourth-order valence-corrected chi connectivity index (χ4v) is 2.73. The van der Waals surface area contributed by atoms with Gasteiger partial charge in [0.1, 0.15) is 11.5 Å². The predicted octanol–water partition coefficient (Wildman–Crippen LogP) is 3.38. The first-order chi connectivity index (χ1) is 10.4. The van der Waals surface area contributed by atoms with Crippen LogP contribution in [0.4, 0.5) is 0 Å². The van der Waals surface area contributed by atoms with Crippen molar-refractivity contribution in [2.75, 3.05) is 13.2 Å². The first-order valence-corrected chi connectivity index (χ1v) is 8.74. The van der Waals surface area contributed by atoms with Crippen molar-refractivity contribution in [3.8, 4) is 11.5 Å². The minimum atomic E-state index is -0.835. The maximum atomic E-state index is 10.4. The molecule has 0 saturated carbocycles. The Balaban J connectivity index is 2.52. The van der Waals surface area contributed by atoms with Gasteiger partial charge in [-0.2, -0.15) is 0 Å². The molecule has 1 aromatic rings. The molecule has 0 aliphatic carbocycles. The largest absolute Gasteiger partial charge is 0.492 e. The number of aliphatic carboxylic acids is 2. The molecular formula is C14H16I2O6. The van der Waals surface area contributed by atoms with Crippen molar-refractivity contribution in [1.82, 2.24) is 0 Å². The van der Waals surface area contributed by atoms with E-state index in [2.05, 4.69) is 45.2 Å². The van der Waals surface area contributed by atoms with Crippen molar-refractivity contribution in [2.45, 2.75) is 25.7 Å². The number of hydrogen-bond acceptors (Lipinski definition) is 4. The summed E-state index contributed by atoms with van der Waals surface area (Å²) in [5, 5.41) is 17.1. The van der Waals surface area contributed by atoms with Crippen LogP contribution < -0.4 is 9.47 Å². The molecule has 0 saturated heterocycles. The Kier molecular flexibility index (Phi) is 8.83. The molecule has 0 radical (unpaired) electrons. The quantitative estimate of drug-likeness (QED) is 0.354. The zero-order valence-corrected chi connectivity index (χ0v) is 16.0. The molecule has 0 fully saturated rings. The van der Waals surface area contributed by atoms with Gasteiger partial charge in [-0.15, -0.1) is 0 Å². The Hall–Kier alpha value is -0.780. The highest BCUT2D eigenvalue weighted by Gasteiger charge is 2.09. The Morgan fingerprint density at radius 2 is 1.23 bits per heavy atom. The molecule has 2 N–H and O–H groups in total. The number of ether oxygens (including phenoxy) is 2. The van der Waals surface area contributed by atoms with Crippen molar-refractivity contribution >= 4 is 57.1 Å². The summed E-state index contributed by atoms with van der Waals surface area (Å²) in [4.78, 5) is 20.9. The summed E-state index contributed by atoms with van der Waals surface area (Å²) >= 11 is 4.24. The van der Waals surface area contributed by atoms with Crippen LogP contribution in [-0.2, 0) is 9.59 Å². The van der Waals surface area contributed by atoms with E-state index in [1.165, 1.54) is 0 Å². The first kappa shape index (κ1) is 19.3. The van der Waals surface area contributed by atoms with Gasteiger partial charge in [-0.05, 0) is 70.2 Å². The number of carbonyl (C=O) groups is 2. The van der Waals surface area contributed by atoms with Crippen LogP contribution in [0.25, 0.3) is 0 Å². The summed E-state index contributed by atoms with van der Waals surface area (Å²) in [6, 6.07) is 3.66. The molecule has 0 atom stereocenters. The van der Waals surface area contributed by atoms with E-state index >= 15 is 0 Å². The maximum absolute atomic E-state index is 10.4. The lowest BCUT2D eigenvalue weighted by Gasteiger charge is -2.12. The van der Waals surface area contributed by atoms with Crippen LogP contribution in [0.1, 0.15) is 25.7 Å². The van der Waals surface area contributed by atoms with Crippen LogP contribution in [0.2, 0.25) is 0 Å². The highest BCUT2D eigenvalue weighted by molar-refractivity contribution is 14.1. The van der Waals surface area contributed by atoms with E-state index in [1.54, 1.807) is 0 Å². The van der Waals surface area contributed by atoms with Crippen molar-refractivity contribution in [3.05, 3.63) is 19.3 Å². The third-order valence-corrected chi connectivity index (χ3v) is 4.26. The zero-order valence-electron chi connectivity index (χ0n) is 11.7. The minimum absolute atomic E-state index is 0.0818. The lowest BCUT2D eigenvalue weighted by atomic mass is 10.3. The molecule has 0 spiro atoms. The van der Waals surface area contributed by atoms with E-state index in [-0.39, 0.29) is 12.8 Å². The van der Waals surface area contributed by atoms with E-state index < -0.39 is 11.9 Å². The molecule has 1 rings (SSSR count). The van der Waals surface area contributed by atoms with E-state index in [1.807, 2.05) is 12.1 Å². The smallest absolute Gasteiger partial charge is 0.303 e. The molecule has 6 nitrogen and oxygen atoms in total. The number of rotatable bonds is 10. The summed E-state index contributed by atoms with van der Waals surface area (Å²) in [5.74, 6) is -0.294. The van der Waals surface area contributed by atoms with Gasteiger partial charge in [0.15, 0.2) is 0 Å². The number of hydrogen-bond donors (Lipinski definition) is 2. The van der Waals surface area contributed by atoms with Gasteiger partial charge in [-0.25, -0.2) is 0 Å². The second kappa shape index (κ2) is 10.1. The Labute approximate surface area is 155 Å². The summed E-state index contributed by atoms with van der Waals surface area (Å²) < 4.78 is 12.9. The van der Waals surface area contributed by atoms with Crippen LogP contribution in [-0.4, -0.2) is 35.4 Å². The molecule has 1 aromatic carbocycles. The number of carboxylic acid groups (broad SMARTS) is 2. The standard InChI is InChI=1S/C14H16I2O6/c15-9-8-12(22-6-2-4-14(19)20)10(16)7-11(9)21-5-1-3-13(17)18/h7-8H,1-6H2,(H,17,18)(H,19,20). The monoisotopic (exact) mass is 534 g/mol. The molecule has 22 heavy (non-hydrogen) atoms. The fraction of sp³-hybridized carbons (Fsp3) is 0.429. The Bertz CT molecular complexity index is 485. The molecule has 0 bridgehead atoms. The highest BCUT2D eigenvalue weighted by atomic mass is 127. The highest BCUT2D eigenvalue weighted by Crippen LogP contribution is 2.31. The number of carboxylic acids is 2. The van der Waals surface area contributed by atoms with Gasteiger partial charge in [-0.3, -0.25) is 9.59 Å². The molecule has 0 aliphatic heterocycles. The molecule has 0 heterocycles.